The normalized spacial score (nSPS) is 14.3. The Labute approximate surface area is 115 Å². The molecule has 0 saturated heterocycles. The number of nitrogens with one attached hydrogen (secondary N) is 1. The third-order valence-corrected chi connectivity index (χ3v) is 4.01. The molecule has 4 N–H and O–H groups in total. The van der Waals surface area contributed by atoms with Gasteiger partial charge in [-0.3, -0.25) is 4.79 Å². The first-order chi connectivity index (χ1) is 9.01. The van der Waals surface area contributed by atoms with Crippen LogP contribution in [0, 0.1) is 5.92 Å². The zero-order valence-corrected chi connectivity index (χ0v) is 11.7. The minimum absolute atomic E-state index is 0.0201. The van der Waals surface area contributed by atoms with Crippen molar-refractivity contribution in [1.29, 1.82) is 0 Å². The van der Waals surface area contributed by atoms with E-state index in [-0.39, 0.29) is 24.5 Å². The molecule has 2 unspecified atom stereocenters. The molecule has 1 heterocycles. The van der Waals surface area contributed by atoms with Crippen LogP contribution in [0.5, 0.6) is 0 Å². The summed E-state index contributed by atoms with van der Waals surface area (Å²) in [5, 5.41) is 12.4. The van der Waals surface area contributed by atoms with E-state index >= 15 is 0 Å². The van der Waals surface area contributed by atoms with Crippen LogP contribution in [-0.2, 0) is 0 Å². The standard InChI is InChI=1S/C13H17N3O2S/c1-7(6-17)8(2)15-12(18)9-3-4-10-11(5-9)19-13(14)16-10/h3-5,7-8,17H,6H2,1-2H3,(H2,14,16)(H,15,18). The van der Waals surface area contributed by atoms with Crippen LogP contribution in [0.25, 0.3) is 10.2 Å². The second kappa shape index (κ2) is 5.54. The molecule has 1 aromatic carbocycles. The van der Waals surface area contributed by atoms with E-state index in [1.807, 2.05) is 13.8 Å². The highest BCUT2D eigenvalue weighted by molar-refractivity contribution is 7.22. The van der Waals surface area contributed by atoms with Gasteiger partial charge in [-0.1, -0.05) is 18.3 Å². The number of carbonyl (C=O) groups excluding carboxylic acids is 1. The lowest BCUT2D eigenvalue weighted by Gasteiger charge is -2.19. The van der Waals surface area contributed by atoms with Crippen LogP contribution in [0.4, 0.5) is 5.13 Å². The number of aliphatic hydroxyl groups excluding tert-OH is 1. The van der Waals surface area contributed by atoms with Gasteiger partial charge in [0.2, 0.25) is 0 Å². The highest BCUT2D eigenvalue weighted by atomic mass is 32.1. The van der Waals surface area contributed by atoms with Crippen molar-refractivity contribution < 1.29 is 9.90 Å². The lowest BCUT2D eigenvalue weighted by Crippen LogP contribution is -2.38. The fourth-order valence-corrected chi connectivity index (χ4v) is 2.45. The molecule has 102 valence electrons. The quantitative estimate of drug-likeness (QED) is 0.793. The molecule has 0 fully saturated rings. The van der Waals surface area contributed by atoms with Crippen LogP contribution in [0.15, 0.2) is 18.2 Å². The number of amides is 1. The molecule has 0 aliphatic carbocycles. The van der Waals surface area contributed by atoms with Crippen molar-refractivity contribution >= 4 is 32.6 Å². The van der Waals surface area contributed by atoms with Crippen molar-refractivity contribution in [2.45, 2.75) is 19.9 Å². The van der Waals surface area contributed by atoms with Gasteiger partial charge in [0.15, 0.2) is 5.13 Å². The molecule has 1 aromatic heterocycles. The topological polar surface area (TPSA) is 88.2 Å². The summed E-state index contributed by atoms with van der Waals surface area (Å²) in [4.78, 5) is 16.2. The van der Waals surface area contributed by atoms with Gasteiger partial charge < -0.3 is 16.2 Å². The summed E-state index contributed by atoms with van der Waals surface area (Å²) < 4.78 is 0.896. The van der Waals surface area contributed by atoms with Gasteiger partial charge in [0.1, 0.15) is 0 Å². The Hall–Kier alpha value is -1.66. The van der Waals surface area contributed by atoms with E-state index in [2.05, 4.69) is 10.3 Å². The van der Waals surface area contributed by atoms with Crippen molar-refractivity contribution in [3.8, 4) is 0 Å². The average molecular weight is 279 g/mol. The summed E-state index contributed by atoms with van der Waals surface area (Å²) in [6.45, 7) is 3.81. The largest absolute Gasteiger partial charge is 0.396 e. The number of aliphatic hydroxyl groups is 1. The number of nitrogens with zero attached hydrogens (tertiary/aromatic N) is 1. The van der Waals surface area contributed by atoms with Gasteiger partial charge in [0.05, 0.1) is 10.2 Å². The molecule has 1 amide bonds. The molecule has 0 spiro atoms. The molecule has 5 nitrogen and oxygen atoms in total. The van der Waals surface area contributed by atoms with E-state index in [1.165, 1.54) is 11.3 Å². The van der Waals surface area contributed by atoms with Gasteiger partial charge in [0, 0.05) is 18.2 Å². The average Bonchev–Trinajstić information content (AvgIpc) is 2.76. The zero-order chi connectivity index (χ0) is 14.0. The molecular weight excluding hydrogens is 262 g/mol. The van der Waals surface area contributed by atoms with Crippen LogP contribution < -0.4 is 11.1 Å². The Morgan fingerprint density at radius 2 is 2.26 bits per heavy atom. The Morgan fingerprint density at radius 3 is 2.95 bits per heavy atom. The van der Waals surface area contributed by atoms with Crippen LogP contribution >= 0.6 is 11.3 Å². The number of nitrogen functional groups attached to an aromatic ring is 1. The van der Waals surface area contributed by atoms with E-state index in [9.17, 15) is 4.79 Å². The molecular formula is C13H17N3O2S. The first kappa shape index (κ1) is 13.8. The van der Waals surface area contributed by atoms with Crippen LogP contribution in [-0.4, -0.2) is 28.6 Å². The van der Waals surface area contributed by atoms with Crippen molar-refractivity contribution in [1.82, 2.24) is 10.3 Å². The summed E-state index contributed by atoms with van der Waals surface area (Å²) in [7, 11) is 0. The maximum absolute atomic E-state index is 12.1. The van der Waals surface area contributed by atoms with Crippen LogP contribution in [0.2, 0.25) is 0 Å². The summed E-state index contributed by atoms with van der Waals surface area (Å²) in [5.74, 6) is -0.131. The van der Waals surface area contributed by atoms with Crippen molar-refractivity contribution in [2.24, 2.45) is 5.92 Å². The van der Waals surface area contributed by atoms with E-state index < -0.39 is 0 Å². The summed E-state index contributed by atoms with van der Waals surface area (Å²) in [6, 6.07) is 5.22. The van der Waals surface area contributed by atoms with Gasteiger partial charge in [-0.2, -0.15) is 0 Å². The first-order valence-electron chi connectivity index (χ1n) is 6.09. The van der Waals surface area contributed by atoms with Crippen molar-refractivity contribution in [3.63, 3.8) is 0 Å². The van der Waals surface area contributed by atoms with Gasteiger partial charge in [0.25, 0.3) is 5.91 Å². The van der Waals surface area contributed by atoms with Crippen molar-refractivity contribution in [3.05, 3.63) is 23.8 Å². The van der Waals surface area contributed by atoms with Gasteiger partial charge in [-0.05, 0) is 31.0 Å². The third-order valence-electron chi connectivity index (χ3n) is 3.17. The van der Waals surface area contributed by atoms with E-state index in [0.717, 1.165) is 10.2 Å². The zero-order valence-electron chi connectivity index (χ0n) is 10.9. The lowest BCUT2D eigenvalue weighted by atomic mass is 10.0. The summed E-state index contributed by atoms with van der Waals surface area (Å²) >= 11 is 1.36. The van der Waals surface area contributed by atoms with E-state index in [0.29, 0.717) is 10.7 Å². The van der Waals surface area contributed by atoms with Gasteiger partial charge in [-0.15, -0.1) is 0 Å². The number of hydrogen-bond donors (Lipinski definition) is 3. The number of fused-ring (bicyclic) bond motifs is 1. The number of rotatable bonds is 4. The smallest absolute Gasteiger partial charge is 0.251 e. The van der Waals surface area contributed by atoms with Crippen molar-refractivity contribution in [2.75, 3.05) is 12.3 Å². The second-order valence-corrected chi connectivity index (χ2v) is 5.72. The molecule has 2 aromatic rings. The Kier molecular flexibility index (Phi) is 4.01. The number of carbonyl (C=O) groups is 1. The SMILES string of the molecule is CC(CO)C(C)NC(=O)c1ccc2nc(N)sc2c1. The molecule has 6 heteroatoms. The fraction of sp³-hybridized carbons (Fsp3) is 0.385. The van der Waals surface area contributed by atoms with Gasteiger partial charge >= 0.3 is 0 Å². The minimum atomic E-state index is -0.151. The monoisotopic (exact) mass is 279 g/mol. The molecule has 0 aliphatic heterocycles. The highest BCUT2D eigenvalue weighted by Crippen LogP contribution is 2.24. The number of anilines is 1. The molecule has 19 heavy (non-hydrogen) atoms. The number of nitrogens with two attached hydrogens (primary N) is 1. The molecule has 0 radical (unpaired) electrons. The third kappa shape index (κ3) is 3.02. The fourth-order valence-electron chi connectivity index (χ4n) is 1.67. The summed E-state index contributed by atoms with van der Waals surface area (Å²) in [6.07, 6.45) is 0. The maximum atomic E-state index is 12.1. The van der Waals surface area contributed by atoms with Crippen LogP contribution in [0.1, 0.15) is 24.2 Å². The number of benzene rings is 1. The van der Waals surface area contributed by atoms with E-state index in [4.69, 9.17) is 10.8 Å². The molecule has 0 bridgehead atoms. The Balaban J connectivity index is 2.17. The number of thiazole rings is 1. The predicted molar refractivity (Wildman–Crippen MR) is 77.2 cm³/mol. The van der Waals surface area contributed by atoms with Crippen LogP contribution in [0.3, 0.4) is 0 Å². The van der Waals surface area contributed by atoms with Gasteiger partial charge in [-0.25, -0.2) is 4.98 Å². The highest BCUT2D eigenvalue weighted by Gasteiger charge is 2.15. The molecule has 2 atom stereocenters. The first-order valence-corrected chi connectivity index (χ1v) is 6.90. The minimum Gasteiger partial charge on any atom is -0.396 e. The Morgan fingerprint density at radius 1 is 1.53 bits per heavy atom. The maximum Gasteiger partial charge on any atom is 0.251 e. The number of hydrogen-bond acceptors (Lipinski definition) is 5. The number of aromatic nitrogens is 1. The second-order valence-electron chi connectivity index (χ2n) is 4.66. The summed E-state index contributed by atoms with van der Waals surface area (Å²) in [5.41, 5.74) is 7.01. The molecule has 2 rings (SSSR count). The molecule has 0 aliphatic rings. The molecule has 0 saturated carbocycles. The lowest BCUT2D eigenvalue weighted by molar-refractivity contribution is 0.0916. The predicted octanol–water partition coefficient (Wildman–Crippen LogP) is 1.63. The Bertz CT molecular complexity index is 597. The van der Waals surface area contributed by atoms with E-state index in [1.54, 1.807) is 18.2 Å².